The quantitative estimate of drug-likeness (QED) is 0.602. The molecular formula is C26H37N5O2. The summed E-state index contributed by atoms with van der Waals surface area (Å²) in [7, 11) is 4.11. The van der Waals surface area contributed by atoms with Crippen molar-refractivity contribution in [3.8, 4) is 17.3 Å². The maximum atomic E-state index is 12.6. The molecule has 0 radical (unpaired) electrons. The SMILES string of the molecule is CN(CC(=O)CC(C)(C)C)c1nc(-c2cc(OC[C@@H]3CCCN3C)ccn2)nc2c1CCC2. The predicted octanol–water partition coefficient (Wildman–Crippen LogP) is 3.94. The monoisotopic (exact) mass is 451 g/mol. The number of nitrogens with zero attached hydrogens (tertiary/aromatic N) is 5. The molecule has 0 N–H and O–H groups in total. The van der Waals surface area contributed by atoms with E-state index >= 15 is 0 Å². The number of aromatic nitrogens is 3. The van der Waals surface area contributed by atoms with Crippen LogP contribution in [0.3, 0.4) is 0 Å². The fourth-order valence-corrected chi connectivity index (χ4v) is 4.84. The number of fused-ring (bicyclic) bond motifs is 1. The standard InChI is InChI=1S/C26H37N5O2/c1-26(2,3)15-19(32)16-31(5)25-21-9-6-10-22(21)28-24(29-25)23-14-20(11-12-27-23)33-17-18-8-7-13-30(18)4/h11-12,14,18H,6-10,13,15-17H2,1-5H3/t18-/m0/s1. The summed E-state index contributed by atoms with van der Waals surface area (Å²) in [6.07, 6.45) is 7.66. The Morgan fingerprint density at radius 3 is 2.79 bits per heavy atom. The van der Waals surface area contributed by atoms with E-state index in [-0.39, 0.29) is 11.2 Å². The topological polar surface area (TPSA) is 71.5 Å². The number of rotatable bonds is 8. The van der Waals surface area contributed by atoms with Crippen molar-refractivity contribution in [2.45, 2.75) is 65.3 Å². The van der Waals surface area contributed by atoms with E-state index in [2.05, 4.69) is 37.7 Å². The summed E-state index contributed by atoms with van der Waals surface area (Å²) < 4.78 is 6.10. The predicted molar refractivity (Wildman–Crippen MR) is 131 cm³/mol. The van der Waals surface area contributed by atoms with Gasteiger partial charge in [-0.3, -0.25) is 9.78 Å². The van der Waals surface area contributed by atoms with E-state index in [1.54, 1.807) is 6.20 Å². The first-order valence-corrected chi connectivity index (χ1v) is 12.1. The molecule has 0 bridgehead atoms. The number of aryl methyl sites for hydroxylation is 1. The number of pyridine rings is 1. The summed E-state index contributed by atoms with van der Waals surface area (Å²) in [6, 6.07) is 4.29. The van der Waals surface area contributed by atoms with Gasteiger partial charge in [-0.15, -0.1) is 0 Å². The zero-order valence-corrected chi connectivity index (χ0v) is 20.7. The average Bonchev–Trinajstić information content (AvgIpc) is 3.38. The Hall–Kier alpha value is -2.54. The van der Waals surface area contributed by atoms with Gasteiger partial charge >= 0.3 is 0 Å². The number of ketones is 1. The molecule has 1 fully saturated rings. The van der Waals surface area contributed by atoms with Crippen molar-refractivity contribution >= 4 is 11.6 Å². The average molecular weight is 452 g/mol. The number of carbonyl (C=O) groups excluding carboxylic acids is 1. The highest BCUT2D eigenvalue weighted by Crippen LogP contribution is 2.31. The van der Waals surface area contributed by atoms with Crippen molar-refractivity contribution in [3.05, 3.63) is 29.6 Å². The van der Waals surface area contributed by atoms with Crippen molar-refractivity contribution in [1.82, 2.24) is 19.9 Å². The van der Waals surface area contributed by atoms with Crippen molar-refractivity contribution in [3.63, 3.8) is 0 Å². The van der Waals surface area contributed by atoms with Gasteiger partial charge in [0.15, 0.2) is 11.6 Å². The van der Waals surface area contributed by atoms with Crippen LogP contribution in [0.15, 0.2) is 18.3 Å². The molecule has 2 aliphatic rings. The van der Waals surface area contributed by atoms with Crippen molar-refractivity contribution in [1.29, 1.82) is 0 Å². The molecule has 2 aromatic heterocycles. The van der Waals surface area contributed by atoms with E-state index in [0.29, 0.717) is 37.1 Å². The minimum atomic E-state index is -0.0195. The van der Waals surface area contributed by atoms with Crippen LogP contribution in [0.25, 0.3) is 11.5 Å². The molecular weight excluding hydrogens is 414 g/mol. The van der Waals surface area contributed by atoms with Gasteiger partial charge in [0.05, 0.1) is 6.54 Å². The number of likely N-dealkylation sites (N-methyl/N-ethyl adjacent to an activating group) is 2. The number of hydrogen-bond donors (Lipinski definition) is 0. The lowest BCUT2D eigenvalue weighted by atomic mass is 9.90. The van der Waals surface area contributed by atoms with Crippen molar-refractivity contribution in [2.24, 2.45) is 5.41 Å². The Bertz CT molecular complexity index is 1000. The molecule has 3 heterocycles. The number of ether oxygens (including phenoxy) is 1. The Kier molecular flexibility index (Phi) is 6.98. The molecule has 0 saturated carbocycles. The molecule has 1 aliphatic carbocycles. The molecule has 1 aliphatic heterocycles. The number of Topliss-reactive ketones (excluding diaryl/α,β-unsaturated/α-hetero) is 1. The molecule has 0 amide bonds. The lowest BCUT2D eigenvalue weighted by Gasteiger charge is -2.23. The molecule has 0 aromatic carbocycles. The zero-order valence-electron chi connectivity index (χ0n) is 20.7. The summed E-state index contributed by atoms with van der Waals surface area (Å²) in [6.45, 7) is 8.44. The third-order valence-corrected chi connectivity index (χ3v) is 6.49. The van der Waals surface area contributed by atoms with Gasteiger partial charge in [-0.2, -0.15) is 0 Å². The van der Waals surface area contributed by atoms with Crippen LogP contribution in [0.1, 0.15) is 57.7 Å². The van der Waals surface area contributed by atoms with E-state index in [4.69, 9.17) is 14.7 Å². The molecule has 0 unspecified atom stereocenters. The fraction of sp³-hybridized carbons (Fsp3) is 0.615. The zero-order chi connectivity index (χ0) is 23.6. The van der Waals surface area contributed by atoms with E-state index in [9.17, 15) is 4.79 Å². The van der Waals surface area contributed by atoms with Crippen LogP contribution in [0, 0.1) is 5.41 Å². The molecule has 178 valence electrons. The summed E-state index contributed by atoms with van der Waals surface area (Å²) in [5.74, 6) is 2.47. The Labute approximate surface area is 197 Å². The van der Waals surface area contributed by atoms with Gasteiger partial charge in [0, 0.05) is 43.0 Å². The van der Waals surface area contributed by atoms with Crippen LogP contribution in [-0.2, 0) is 17.6 Å². The maximum Gasteiger partial charge on any atom is 0.180 e. The third kappa shape index (κ3) is 5.88. The first-order valence-electron chi connectivity index (χ1n) is 12.1. The molecule has 7 heteroatoms. The molecule has 4 rings (SSSR count). The number of anilines is 1. The van der Waals surface area contributed by atoms with E-state index in [1.165, 1.54) is 18.4 Å². The second kappa shape index (κ2) is 9.75. The van der Waals surface area contributed by atoms with Crippen LogP contribution >= 0.6 is 0 Å². The van der Waals surface area contributed by atoms with Gasteiger partial charge in [-0.05, 0) is 57.2 Å². The van der Waals surface area contributed by atoms with Crippen LogP contribution in [0.2, 0.25) is 0 Å². The van der Waals surface area contributed by atoms with Gasteiger partial charge in [-0.1, -0.05) is 20.8 Å². The number of hydrogen-bond acceptors (Lipinski definition) is 7. The molecule has 33 heavy (non-hydrogen) atoms. The largest absolute Gasteiger partial charge is 0.492 e. The van der Waals surface area contributed by atoms with Gasteiger partial charge < -0.3 is 14.5 Å². The van der Waals surface area contributed by atoms with Gasteiger partial charge in [0.1, 0.15) is 23.9 Å². The van der Waals surface area contributed by atoms with Crippen molar-refractivity contribution in [2.75, 3.05) is 38.7 Å². The molecule has 0 spiro atoms. The second-order valence-electron chi connectivity index (χ2n) is 10.7. The first kappa shape index (κ1) is 23.6. The Morgan fingerprint density at radius 2 is 2.06 bits per heavy atom. The Balaban J connectivity index is 1.54. The maximum absolute atomic E-state index is 12.6. The minimum Gasteiger partial charge on any atom is -0.492 e. The lowest BCUT2D eigenvalue weighted by molar-refractivity contribution is -0.119. The smallest absolute Gasteiger partial charge is 0.180 e. The van der Waals surface area contributed by atoms with Gasteiger partial charge in [0.25, 0.3) is 0 Å². The molecule has 2 aromatic rings. The highest BCUT2D eigenvalue weighted by molar-refractivity contribution is 5.84. The Morgan fingerprint density at radius 1 is 1.24 bits per heavy atom. The van der Waals surface area contributed by atoms with E-state index in [1.807, 2.05) is 24.1 Å². The van der Waals surface area contributed by atoms with Crippen LogP contribution in [0.4, 0.5) is 5.82 Å². The summed E-state index contributed by atoms with van der Waals surface area (Å²) in [5.41, 5.74) is 2.93. The molecule has 7 nitrogen and oxygen atoms in total. The summed E-state index contributed by atoms with van der Waals surface area (Å²) in [4.78, 5) is 31.2. The summed E-state index contributed by atoms with van der Waals surface area (Å²) in [5, 5.41) is 0. The molecule has 1 atom stereocenters. The second-order valence-corrected chi connectivity index (χ2v) is 10.7. The normalized spacial score (nSPS) is 18.4. The minimum absolute atomic E-state index is 0.0195. The van der Waals surface area contributed by atoms with E-state index in [0.717, 1.165) is 43.1 Å². The van der Waals surface area contributed by atoms with Crippen LogP contribution < -0.4 is 9.64 Å². The fourth-order valence-electron chi connectivity index (χ4n) is 4.84. The number of carbonyl (C=O) groups is 1. The van der Waals surface area contributed by atoms with Gasteiger partial charge in [0.2, 0.25) is 0 Å². The van der Waals surface area contributed by atoms with E-state index < -0.39 is 0 Å². The highest BCUT2D eigenvalue weighted by atomic mass is 16.5. The van der Waals surface area contributed by atoms with Crippen LogP contribution in [0.5, 0.6) is 5.75 Å². The van der Waals surface area contributed by atoms with Crippen LogP contribution in [-0.4, -0.2) is 65.5 Å². The number of likely N-dealkylation sites (tertiary alicyclic amines) is 1. The lowest BCUT2D eigenvalue weighted by Crippen LogP contribution is -2.30. The van der Waals surface area contributed by atoms with Gasteiger partial charge in [-0.25, -0.2) is 9.97 Å². The third-order valence-electron chi connectivity index (χ3n) is 6.49. The van der Waals surface area contributed by atoms with Crippen molar-refractivity contribution < 1.29 is 9.53 Å². The first-order chi connectivity index (χ1) is 15.7. The summed E-state index contributed by atoms with van der Waals surface area (Å²) >= 11 is 0. The highest BCUT2D eigenvalue weighted by Gasteiger charge is 2.25. The molecule has 1 saturated heterocycles.